The summed E-state index contributed by atoms with van der Waals surface area (Å²) in [5.74, 6) is 0. The number of halogens is 2. The molecule has 4 heteroatoms. The summed E-state index contributed by atoms with van der Waals surface area (Å²) in [6.45, 7) is 4.81. The van der Waals surface area contributed by atoms with Crippen molar-refractivity contribution in [2.75, 3.05) is 0 Å². The SMILES string of the molecule is CC1=Cc2c(cc3c4c2C=CC4=CCC3)[C]1=[Ti]([CH3])(=[SiH2])(=[C]1C(C)=Cc2c1cc1c3c2C=CC3=CCC1)[c]1ccccc1.I.I. The molecule has 0 atom stereocenters. The van der Waals surface area contributed by atoms with Gasteiger partial charge >= 0.3 is 246 Å². The minimum absolute atomic E-state index is 0. The van der Waals surface area contributed by atoms with E-state index in [1.54, 1.807) is 22.6 Å². The molecule has 9 rings (SSSR count). The van der Waals surface area contributed by atoms with Crippen molar-refractivity contribution in [3.63, 3.8) is 0 Å². The quantitative estimate of drug-likeness (QED) is 0.170. The number of fused-ring (bicyclic) bond motifs is 4. The number of aryl methyl sites for hydroxylation is 2. The minimum Gasteiger partial charge on any atom is -0.107 e. The summed E-state index contributed by atoms with van der Waals surface area (Å²) in [5.41, 5.74) is 20.8. The van der Waals surface area contributed by atoms with Crippen LogP contribution in [0.1, 0.15) is 82.3 Å². The third-order valence-electron chi connectivity index (χ3n) is 10.9. The number of hydrogen-bond acceptors (Lipinski definition) is 0. The van der Waals surface area contributed by atoms with Crippen molar-refractivity contribution in [2.24, 2.45) is 0 Å². The molecule has 0 saturated carbocycles. The Balaban J connectivity index is 0.00000150. The van der Waals surface area contributed by atoms with Crippen LogP contribution in [0.4, 0.5) is 0 Å². The fourth-order valence-corrected chi connectivity index (χ4v) is 23.7. The number of benzene rings is 3. The van der Waals surface area contributed by atoms with E-state index in [1.807, 2.05) is 0 Å². The fraction of sp³-hybridized carbons (Fsp3) is 0.179. The van der Waals surface area contributed by atoms with Gasteiger partial charge in [0.1, 0.15) is 0 Å². The van der Waals surface area contributed by atoms with Crippen LogP contribution in [0.25, 0.3) is 35.5 Å². The molecule has 0 fully saturated rings. The van der Waals surface area contributed by atoms with Crippen LogP contribution >= 0.6 is 48.0 Å². The summed E-state index contributed by atoms with van der Waals surface area (Å²) in [6.07, 6.45) is 24.0. The molecule has 6 aliphatic rings. The first-order chi connectivity index (χ1) is 19.8. The van der Waals surface area contributed by atoms with Crippen LogP contribution < -0.4 is 3.87 Å². The Morgan fingerprint density at radius 3 is 1.56 bits per heavy atom. The summed E-state index contributed by atoms with van der Waals surface area (Å²) in [5, 5.41) is 2.73. The van der Waals surface area contributed by atoms with E-state index < -0.39 is 13.1 Å². The van der Waals surface area contributed by atoms with Gasteiger partial charge in [0.15, 0.2) is 0 Å². The first-order valence-corrected chi connectivity index (χ1v) is 23.2. The van der Waals surface area contributed by atoms with E-state index in [0.29, 0.717) is 0 Å². The number of allylic oxidation sites excluding steroid dienone is 8. The molecule has 0 amide bonds. The molecule has 0 nitrogen and oxygen atoms in total. The van der Waals surface area contributed by atoms with Gasteiger partial charge in [-0.3, -0.25) is 0 Å². The Morgan fingerprint density at radius 2 is 1.09 bits per heavy atom. The van der Waals surface area contributed by atoms with Crippen LogP contribution in [0.5, 0.6) is 0 Å². The number of rotatable bonds is 1. The molecule has 0 aliphatic heterocycles. The van der Waals surface area contributed by atoms with Crippen LogP contribution in [-0.2, 0) is 26.0 Å². The van der Waals surface area contributed by atoms with Crippen molar-refractivity contribution in [1.29, 1.82) is 0 Å². The van der Waals surface area contributed by atoms with Crippen molar-refractivity contribution in [3.05, 3.63) is 134 Å². The van der Waals surface area contributed by atoms with Gasteiger partial charge in [-0.2, -0.15) is 0 Å². The first kappa shape index (κ1) is 29.9. The fourth-order valence-electron chi connectivity index (χ4n) is 9.42. The van der Waals surface area contributed by atoms with Gasteiger partial charge in [-0.25, -0.2) is 0 Å². The van der Waals surface area contributed by atoms with Gasteiger partial charge in [0.2, 0.25) is 0 Å². The van der Waals surface area contributed by atoms with E-state index in [4.69, 9.17) is 0 Å². The maximum absolute atomic E-state index is 3.90. The Morgan fingerprint density at radius 1 is 0.628 bits per heavy atom. The third kappa shape index (κ3) is 3.81. The second-order valence-corrected chi connectivity index (χ2v) is 29.4. The zero-order chi connectivity index (χ0) is 27.7. The van der Waals surface area contributed by atoms with Crippen LogP contribution in [0.2, 0.25) is 5.23 Å². The average molecular weight is 834 g/mol. The van der Waals surface area contributed by atoms with Crippen LogP contribution in [0.15, 0.2) is 77.9 Å². The van der Waals surface area contributed by atoms with Crippen molar-refractivity contribution >= 4 is 103 Å². The molecule has 0 saturated heterocycles. The molecule has 214 valence electrons. The maximum Gasteiger partial charge on any atom is -0.107 e. The van der Waals surface area contributed by atoms with Crippen LogP contribution in [-0.4, -0.2) is 15.3 Å². The molecule has 0 unspecified atom stereocenters. The Kier molecular flexibility index (Phi) is 7.04. The summed E-state index contributed by atoms with van der Waals surface area (Å²) in [4.78, 5) is 0. The van der Waals surface area contributed by atoms with Crippen molar-refractivity contribution < 1.29 is 13.1 Å². The van der Waals surface area contributed by atoms with Crippen molar-refractivity contribution in [2.45, 2.75) is 44.8 Å². The van der Waals surface area contributed by atoms with E-state index in [9.17, 15) is 0 Å². The molecule has 0 bridgehead atoms. The van der Waals surface area contributed by atoms with Crippen LogP contribution in [0, 0.1) is 0 Å². The first-order valence-electron chi connectivity index (χ1n) is 15.2. The smallest absolute Gasteiger partial charge is 0.107 e. The molecule has 0 spiro atoms. The van der Waals surface area contributed by atoms with E-state index in [-0.39, 0.29) is 48.0 Å². The van der Waals surface area contributed by atoms with E-state index in [2.05, 4.69) is 118 Å². The predicted octanol–water partition coefficient (Wildman–Crippen LogP) is 8.82. The Hall–Kier alpha value is -1.77. The third-order valence-corrected chi connectivity index (χ3v) is 24.8. The zero-order valence-corrected chi connectivity index (χ0v) is 32.6. The molecule has 0 N–H and O–H groups in total. The number of hydrogen-bond donors (Lipinski definition) is 0. The van der Waals surface area contributed by atoms with Crippen molar-refractivity contribution in [1.82, 2.24) is 0 Å². The summed E-state index contributed by atoms with van der Waals surface area (Å²) >= 11 is -3.90. The van der Waals surface area contributed by atoms with E-state index in [1.165, 1.54) is 66.8 Å². The standard InChI is InChI=1S/2C16H12.C6H5.CH3.2HI.H2Si.Ti/c2*1-10-7-13-9-12-4-2-3-11-5-6-14(16(11)12)15(13)8-10;1-2-4-6-5-3-1;;;;;/h2*3,5-6,8-9H,2,4H2,1H3;1-5H;1H3;2*1H;1H2;. The summed E-state index contributed by atoms with van der Waals surface area (Å²) < 4.78 is 4.89. The van der Waals surface area contributed by atoms with Gasteiger partial charge in [0, 0.05) is 0 Å². The molecule has 3 aromatic carbocycles. The normalized spacial score (nSPS) is 17.6. The molecular weight excluding hydrogens is 798 g/mol. The Bertz CT molecular complexity index is 2160. The average Bonchev–Trinajstić information content (AvgIpc) is 3.74. The van der Waals surface area contributed by atoms with Crippen LogP contribution in [0.3, 0.4) is 0 Å². The van der Waals surface area contributed by atoms with E-state index >= 15 is 0 Å². The molecule has 6 aliphatic carbocycles. The van der Waals surface area contributed by atoms with Gasteiger partial charge in [-0.05, 0) is 0 Å². The van der Waals surface area contributed by atoms with Gasteiger partial charge in [-0.15, -0.1) is 48.0 Å². The maximum atomic E-state index is 2.73. The largest absolute Gasteiger partial charge is 0.107 e. The van der Waals surface area contributed by atoms with Gasteiger partial charge < -0.3 is 0 Å². The summed E-state index contributed by atoms with van der Waals surface area (Å²) in [7, 11) is 2.40. The summed E-state index contributed by atoms with van der Waals surface area (Å²) in [6, 6.07) is 16.9. The predicted molar refractivity (Wildman–Crippen MR) is 210 cm³/mol. The monoisotopic (exact) mass is 834 g/mol. The van der Waals surface area contributed by atoms with Gasteiger partial charge in [0.25, 0.3) is 0 Å². The topological polar surface area (TPSA) is 0 Å². The molecule has 0 heterocycles. The Labute approximate surface area is 291 Å². The van der Waals surface area contributed by atoms with E-state index in [0.717, 1.165) is 25.7 Å². The second kappa shape index (κ2) is 10.1. The van der Waals surface area contributed by atoms with Crippen molar-refractivity contribution in [3.8, 4) is 0 Å². The minimum atomic E-state index is -3.90. The zero-order valence-electron chi connectivity index (χ0n) is 25.0. The van der Waals surface area contributed by atoms with Gasteiger partial charge in [0.05, 0.1) is 0 Å². The molecule has 3 aromatic rings. The van der Waals surface area contributed by atoms with Gasteiger partial charge in [-0.1, -0.05) is 0 Å². The second-order valence-electron chi connectivity index (χ2n) is 13.4. The molecule has 0 aromatic heterocycles. The molecule has 0 radical (unpaired) electrons. The molecule has 43 heavy (non-hydrogen) atoms. The molecular formula is C39H36I2SiTi.